The molecule has 1 aromatic carbocycles. The van der Waals surface area contributed by atoms with Gasteiger partial charge in [-0.05, 0) is 42.3 Å². The summed E-state index contributed by atoms with van der Waals surface area (Å²) in [5.74, 6) is 0.463. The number of benzene rings is 1. The first kappa shape index (κ1) is 13.6. The predicted molar refractivity (Wildman–Crippen MR) is 79.9 cm³/mol. The summed E-state index contributed by atoms with van der Waals surface area (Å²) in [6.45, 7) is 0. The molecule has 106 valence electrons. The van der Waals surface area contributed by atoms with E-state index in [0.29, 0.717) is 11.3 Å². The highest BCUT2D eigenvalue weighted by molar-refractivity contribution is 7.10. The summed E-state index contributed by atoms with van der Waals surface area (Å²) in [5.41, 5.74) is 8.25. The van der Waals surface area contributed by atoms with Crippen LogP contribution in [0.5, 0.6) is 5.75 Å². The minimum absolute atomic E-state index is 0.216. The molecule has 2 unspecified atom stereocenters. The fourth-order valence-electron chi connectivity index (χ4n) is 3.02. The molecule has 3 rings (SSSR count). The van der Waals surface area contributed by atoms with Crippen molar-refractivity contribution in [1.82, 2.24) is 0 Å². The summed E-state index contributed by atoms with van der Waals surface area (Å²) >= 11 is 1.78. The van der Waals surface area contributed by atoms with Gasteiger partial charge in [0.25, 0.3) is 0 Å². The van der Waals surface area contributed by atoms with Gasteiger partial charge in [0.05, 0.1) is 7.11 Å². The molecule has 0 radical (unpaired) electrons. The quantitative estimate of drug-likeness (QED) is 0.927. The highest BCUT2D eigenvalue weighted by Crippen LogP contribution is 2.42. The molecule has 0 saturated heterocycles. The number of methoxy groups -OCH3 is 1. The summed E-state index contributed by atoms with van der Waals surface area (Å²) in [7, 11) is 1.53. The van der Waals surface area contributed by atoms with E-state index in [1.165, 1.54) is 23.6 Å². The molecule has 1 heterocycles. The third-order valence-corrected chi connectivity index (χ3v) is 5.10. The Morgan fingerprint density at radius 1 is 1.40 bits per heavy atom. The van der Waals surface area contributed by atoms with E-state index in [0.717, 1.165) is 19.3 Å². The van der Waals surface area contributed by atoms with Crippen molar-refractivity contribution >= 4 is 11.3 Å². The van der Waals surface area contributed by atoms with Crippen LogP contribution in [0, 0.1) is 5.82 Å². The molecule has 0 saturated carbocycles. The lowest BCUT2D eigenvalue weighted by molar-refractivity contribution is 0.408. The minimum atomic E-state index is -0.297. The number of halogens is 1. The topological polar surface area (TPSA) is 35.2 Å². The van der Waals surface area contributed by atoms with Gasteiger partial charge in [0, 0.05) is 28.5 Å². The van der Waals surface area contributed by atoms with Crippen molar-refractivity contribution < 1.29 is 9.13 Å². The molecule has 2 N–H and O–H groups in total. The maximum absolute atomic E-state index is 14.2. The molecule has 2 nitrogen and oxygen atoms in total. The number of fused-ring (bicyclic) bond motifs is 1. The Morgan fingerprint density at radius 2 is 2.25 bits per heavy atom. The Bertz CT molecular complexity index is 610. The van der Waals surface area contributed by atoms with E-state index in [4.69, 9.17) is 10.5 Å². The van der Waals surface area contributed by atoms with E-state index in [1.54, 1.807) is 23.5 Å². The van der Waals surface area contributed by atoms with Crippen molar-refractivity contribution in [2.75, 3.05) is 7.11 Å². The molecule has 0 spiro atoms. The van der Waals surface area contributed by atoms with Crippen LogP contribution in [0.1, 0.15) is 40.8 Å². The van der Waals surface area contributed by atoms with E-state index in [1.807, 2.05) is 0 Å². The first-order valence-electron chi connectivity index (χ1n) is 6.86. The number of hydrogen-bond acceptors (Lipinski definition) is 3. The van der Waals surface area contributed by atoms with Gasteiger partial charge in [-0.15, -0.1) is 11.3 Å². The molecule has 1 aromatic heterocycles. The molecule has 1 aliphatic rings. The Labute approximate surface area is 122 Å². The zero-order valence-corrected chi connectivity index (χ0v) is 12.3. The number of rotatable bonds is 3. The van der Waals surface area contributed by atoms with Crippen LogP contribution in [0.3, 0.4) is 0 Å². The third kappa shape index (κ3) is 2.34. The summed E-state index contributed by atoms with van der Waals surface area (Å²) in [4.78, 5) is 1.41. The van der Waals surface area contributed by atoms with Crippen LogP contribution in [-0.2, 0) is 6.42 Å². The number of hydrogen-bond donors (Lipinski definition) is 1. The largest absolute Gasteiger partial charge is 0.497 e. The SMILES string of the molecule is COc1ccc(C(N)C2CCCc3sccc32)c(F)c1. The molecule has 0 amide bonds. The molecular formula is C16H18FNOS. The average Bonchev–Trinajstić information content (AvgIpc) is 2.94. The van der Waals surface area contributed by atoms with Gasteiger partial charge >= 0.3 is 0 Å². The van der Waals surface area contributed by atoms with Crippen LogP contribution in [0.25, 0.3) is 0 Å². The average molecular weight is 291 g/mol. The van der Waals surface area contributed by atoms with Crippen molar-refractivity contribution in [3.05, 3.63) is 51.5 Å². The van der Waals surface area contributed by atoms with Gasteiger partial charge in [-0.1, -0.05) is 6.07 Å². The fraction of sp³-hybridized carbons (Fsp3) is 0.375. The molecule has 2 atom stereocenters. The Hall–Kier alpha value is -1.39. The summed E-state index contributed by atoms with van der Waals surface area (Å²) < 4.78 is 19.2. The molecule has 0 bridgehead atoms. The number of thiophene rings is 1. The minimum Gasteiger partial charge on any atom is -0.497 e. The van der Waals surface area contributed by atoms with E-state index in [-0.39, 0.29) is 17.8 Å². The monoisotopic (exact) mass is 291 g/mol. The van der Waals surface area contributed by atoms with Crippen molar-refractivity contribution in [3.8, 4) is 5.75 Å². The van der Waals surface area contributed by atoms with Crippen LogP contribution >= 0.6 is 11.3 Å². The zero-order chi connectivity index (χ0) is 14.1. The first-order chi connectivity index (χ1) is 9.70. The van der Waals surface area contributed by atoms with Gasteiger partial charge in [0.15, 0.2) is 0 Å². The summed E-state index contributed by atoms with van der Waals surface area (Å²) in [5, 5.41) is 2.11. The second kappa shape index (κ2) is 5.54. The molecule has 0 fully saturated rings. The van der Waals surface area contributed by atoms with Crippen molar-refractivity contribution in [3.63, 3.8) is 0 Å². The van der Waals surface area contributed by atoms with Gasteiger partial charge < -0.3 is 10.5 Å². The molecule has 4 heteroatoms. The van der Waals surface area contributed by atoms with Crippen molar-refractivity contribution in [2.24, 2.45) is 5.73 Å². The predicted octanol–water partition coefficient (Wildman–Crippen LogP) is 4.02. The van der Waals surface area contributed by atoms with Gasteiger partial charge in [-0.3, -0.25) is 0 Å². The normalized spacial score (nSPS) is 19.4. The van der Waals surface area contributed by atoms with Crippen molar-refractivity contribution in [1.29, 1.82) is 0 Å². The Kier molecular flexibility index (Phi) is 3.76. The third-order valence-electron chi connectivity index (χ3n) is 4.10. The van der Waals surface area contributed by atoms with Crippen LogP contribution < -0.4 is 10.5 Å². The first-order valence-corrected chi connectivity index (χ1v) is 7.74. The molecule has 2 aromatic rings. The van der Waals surface area contributed by atoms with E-state index in [2.05, 4.69) is 11.4 Å². The van der Waals surface area contributed by atoms with Crippen LogP contribution in [0.2, 0.25) is 0 Å². The lowest BCUT2D eigenvalue weighted by atomic mass is 9.80. The van der Waals surface area contributed by atoms with Gasteiger partial charge in [-0.2, -0.15) is 0 Å². The summed E-state index contributed by atoms with van der Waals surface area (Å²) in [6.07, 6.45) is 3.28. The highest BCUT2D eigenvalue weighted by Gasteiger charge is 2.28. The molecule has 0 aliphatic heterocycles. The highest BCUT2D eigenvalue weighted by atomic mass is 32.1. The van der Waals surface area contributed by atoms with E-state index in [9.17, 15) is 4.39 Å². The second-order valence-electron chi connectivity index (χ2n) is 5.21. The van der Waals surface area contributed by atoms with E-state index < -0.39 is 0 Å². The molecule has 1 aliphatic carbocycles. The second-order valence-corrected chi connectivity index (χ2v) is 6.21. The van der Waals surface area contributed by atoms with Crippen molar-refractivity contribution in [2.45, 2.75) is 31.2 Å². The van der Waals surface area contributed by atoms with Gasteiger partial charge in [-0.25, -0.2) is 4.39 Å². The van der Waals surface area contributed by atoms with E-state index >= 15 is 0 Å². The number of ether oxygens (including phenoxy) is 1. The van der Waals surface area contributed by atoms with Gasteiger partial charge in [0.1, 0.15) is 11.6 Å². The van der Waals surface area contributed by atoms with Crippen LogP contribution in [-0.4, -0.2) is 7.11 Å². The van der Waals surface area contributed by atoms with Gasteiger partial charge in [0.2, 0.25) is 0 Å². The Balaban J connectivity index is 1.92. The summed E-state index contributed by atoms with van der Waals surface area (Å²) in [6, 6.07) is 6.78. The lowest BCUT2D eigenvalue weighted by Crippen LogP contribution is -2.23. The number of aryl methyl sites for hydroxylation is 1. The molecular weight excluding hydrogens is 273 g/mol. The maximum Gasteiger partial charge on any atom is 0.131 e. The maximum atomic E-state index is 14.2. The molecule has 20 heavy (non-hydrogen) atoms. The standard InChI is InChI=1S/C16H18FNOS/c1-19-10-5-6-13(14(17)9-10)16(18)12-3-2-4-15-11(12)7-8-20-15/h5-9,12,16H,2-4,18H2,1H3. The fourth-order valence-corrected chi connectivity index (χ4v) is 4.01. The van der Waals surface area contributed by atoms with Crippen LogP contribution in [0.15, 0.2) is 29.6 Å². The lowest BCUT2D eigenvalue weighted by Gasteiger charge is -2.28. The number of nitrogens with two attached hydrogens (primary N) is 1. The Morgan fingerprint density at radius 3 is 3.00 bits per heavy atom. The zero-order valence-electron chi connectivity index (χ0n) is 11.4. The van der Waals surface area contributed by atoms with Crippen LogP contribution in [0.4, 0.5) is 4.39 Å². The smallest absolute Gasteiger partial charge is 0.131 e.